The number of hydrogen-bond acceptors (Lipinski definition) is 5. The maximum absolute atomic E-state index is 10.8. The van der Waals surface area contributed by atoms with Crippen LogP contribution in [0, 0.1) is 20.2 Å². The first-order valence-electron chi connectivity index (χ1n) is 5.75. The number of nitrogens with zero attached hydrogens (tertiary/aromatic N) is 2. The van der Waals surface area contributed by atoms with Crippen LogP contribution >= 0.6 is 11.6 Å². The van der Waals surface area contributed by atoms with Crippen molar-refractivity contribution in [3.8, 4) is 11.3 Å². The van der Waals surface area contributed by atoms with E-state index >= 15 is 0 Å². The zero-order chi connectivity index (χ0) is 15.6. The van der Waals surface area contributed by atoms with Crippen LogP contribution < -0.4 is 0 Å². The molecule has 0 aliphatic rings. The Kier molecular flexibility index (Phi) is 4.04. The summed E-state index contributed by atoms with van der Waals surface area (Å²) in [4.78, 5) is 20.3. The third-order valence-electron chi connectivity index (χ3n) is 2.69. The van der Waals surface area contributed by atoms with Crippen molar-refractivity contribution in [2.24, 2.45) is 0 Å². The van der Waals surface area contributed by atoms with E-state index < -0.39 is 9.85 Å². The highest BCUT2D eigenvalue weighted by Crippen LogP contribution is 2.31. The summed E-state index contributed by atoms with van der Waals surface area (Å²) < 4.78 is 5.42. The van der Waals surface area contributed by atoms with Crippen molar-refractivity contribution in [1.29, 1.82) is 0 Å². The van der Waals surface area contributed by atoms with E-state index in [0.717, 1.165) is 0 Å². The Morgan fingerprint density at radius 2 is 1.95 bits per heavy atom. The molecule has 0 fully saturated rings. The van der Waals surface area contributed by atoms with E-state index in [-0.39, 0.29) is 22.2 Å². The zero-order valence-corrected chi connectivity index (χ0v) is 11.5. The average Bonchev–Trinajstić information content (AvgIpc) is 2.87. The molecule has 0 saturated heterocycles. The average molecular weight is 309 g/mol. The van der Waals surface area contributed by atoms with Gasteiger partial charge in [-0.3, -0.25) is 20.2 Å². The Bertz CT molecular complexity index is 751. The topological polar surface area (TPSA) is 99.4 Å². The minimum Gasteiger partial charge on any atom is -0.456 e. The molecule has 0 spiro atoms. The van der Waals surface area contributed by atoms with Crippen molar-refractivity contribution in [3.05, 3.63) is 67.0 Å². The Morgan fingerprint density at radius 3 is 2.57 bits per heavy atom. The largest absolute Gasteiger partial charge is 0.456 e. The monoisotopic (exact) mass is 308 g/mol. The number of benzene rings is 1. The normalized spacial score (nSPS) is 11.4. The van der Waals surface area contributed by atoms with Gasteiger partial charge in [-0.1, -0.05) is 11.6 Å². The Balaban J connectivity index is 2.38. The second kappa shape index (κ2) is 5.76. The van der Waals surface area contributed by atoms with Gasteiger partial charge in [-0.2, -0.15) is 0 Å². The first-order chi connectivity index (χ1) is 9.88. The molecule has 0 aliphatic heterocycles. The molecule has 0 amide bonds. The molecule has 21 heavy (non-hydrogen) atoms. The van der Waals surface area contributed by atoms with Gasteiger partial charge in [0.25, 0.3) is 5.69 Å². The quantitative estimate of drug-likeness (QED) is 0.624. The molecule has 1 heterocycles. The first kappa shape index (κ1) is 14.7. The third kappa shape index (κ3) is 3.26. The van der Waals surface area contributed by atoms with Crippen LogP contribution in [0.2, 0.25) is 5.02 Å². The smallest absolute Gasteiger partial charge is 0.288 e. The summed E-state index contributed by atoms with van der Waals surface area (Å²) in [5, 5.41) is 21.4. The maximum atomic E-state index is 10.8. The molecule has 0 unspecified atom stereocenters. The fourth-order valence-corrected chi connectivity index (χ4v) is 1.84. The van der Waals surface area contributed by atoms with Crippen molar-refractivity contribution >= 4 is 23.4 Å². The van der Waals surface area contributed by atoms with Crippen LogP contribution in [0.5, 0.6) is 0 Å². The van der Waals surface area contributed by atoms with Gasteiger partial charge in [-0.15, -0.1) is 0 Å². The predicted molar refractivity (Wildman–Crippen MR) is 76.5 cm³/mol. The molecule has 2 rings (SSSR count). The second-order valence-electron chi connectivity index (χ2n) is 4.17. The molecule has 2 aromatic rings. The summed E-state index contributed by atoms with van der Waals surface area (Å²) in [5.41, 5.74) is 0.159. The van der Waals surface area contributed by atoms with E-state index in [1.165, 1.54) is 25.1 Å². The third-order valence-corrected chi connectivity index (χ3v) is 3.01. The SMILES string of the molecule is C/C(=C\c1ccc(-c2ccc(Cl)c([N+](=O)[O-])c2)o1)[N+](=O)[O-]. The fourth-order valence-electron chi connectivity index (χ4n) is 1.65. The van der Waals surface area contributed by atoms with Gasteiger partial charge in [0.15, 0.2) is 0 Å². The molecule has 0 atom stereocenters. The molecule has 1 aromatic heterocycles. The van der Waals surface area contributed by atoms with Crippen molar-refractivity contribution < 1.29 is 14.3 Å². The van der Waals surface area contributed by atoms with Crippen molar-refractivity contribution in [3.63, 3.8) is 0 Å². The number of hydrogen-bond donors (Lipinski definition) is 0. The highest BCUT2D eigenvalue weighted by Gasteiger charge is 2.15. The van der Waals surface area contributed by atoms with Crippen LogP contribution in [0.4, 0.5) is 5.69 Å². The minimum absolute atomic E-state index is 0.0274. The van der Waals surface area contributed by atoms with E-state index in [0.29, 0.717) is 11.3 Å². The van der Waals surface area contributed by atoms with E-state index in [4.69, 9.17) is 16.0 Å². The molecule has 1 aromatic carbocycles. The Hall–Kier alpha value is -2.67. The van der Waals surface area contributed by atoms with Crippen LogP contribution in [-0.2, 0) is 0 Å². The van der Waals surface area contributed by atoms with Crippen LogP contribution in [0.1, 0.15) is 12.7 Å². The van der Waals surface area contributed by atoms with Crippen LogP contribution in [-0.4, -0.2) is 9.85 Å². The highest BCUT2D eigenvalue weighted by molar-refractivity contribution is 6.32. The fraction of sp³-hybridized carbons (Fsp3) is 0.0769. The summed E-state index contributed by atoms with van der Waals surface area (Å²) in [7, 11) is 0. The van der Waals surface area contributed by atoms with Gasteiger partial charge < -0.3 is 4.42 Å². The Morgan fingerprint density at radius 1 is 1.24 bits per heavy atom. The van der Waals surface area contributed by atoms with Crippen molar-refractivity contribution in [1.82, 2.24) is 0 Å². The lowest BCUT2D eigenvalue weighted by molar-refractivity contribution is -0.422. The van der Waals surface area contributed by atoms with E-state index in [1.807, 2.05) is 0 Å². The van der Waals surface area contributed by atoms with Gasteiger partial charge in [0.1, 0.15) is 16.5 Å². The lowest BCUT2D eigenvalue weighted by atomic mass is 10.1. The number of furan rings is 1. The number of nitro groups is 2. The molecule has 0 bridgehead atoms. The zero-order valence-electron chi connectivity index (χ0n) is 10.8. The first-order valence-corrected chi connectivity index (χ1v) is 6.13. The lowest BCUT2D eigenvalue weighted by Crippen LogP contribution is -1.92. The summed E-state index contributed by atoms with van der Waals surface area (Å²) in [5.74, 6) is 0.647. The number of nitro benzene ring substituents is 1. The van der Waals surface area contributed by atoms with Crippen LogP contribution in [0.25, 0.3) is 17.4 Å². The van der Waals surface area contributed by atoms with Gasteiger partial charge in [0.2, 0.25) is 5.70 Å². The molecular formula is C13H9ClN2O5. The number of allylic oxidation sites excluding steroid dienone is 1. The summed E-state index contributed by atoms with van der Waals surface area (Å²) in [6.07, 6.45) is 1.27. The second-order valence-corrected chi connectivity index (χ2v) is 4.58. The maximum Gasteiger partial charge on any atom is 0.288 e. The van der Waals surface area contributed by atoms with Gasteiger partial charge >= 0.3 is 0 Å². The Labute approximate surface area is 123 Å². The molecule has 0 aliphatic carbocycles. The summed E-state index contributed by atoms with van der Waals surface area (Å²) >= 11 is 5.73. The van der Waals surface area contributed by atoms with E-state index in [1.54, 1.807) is 18.2 Å². The minimum atomic E-state index is -0.591. The van der Waals surface area contributed by atoms with Crippen molar-refractivity contribution in [2.75, 3.05) is 0 Å². The van der Waals surface area contributed by atoms with Gasteiger partial charge in [-0.25, -0.2) is 0 Å². The van der Waals surface area contributed by atoms with Gasteiger partial charge in [0, 0.05) is 18.6 Å². The molecule has 8 heteroatoms. The number of halogens is 1. The van der Waals surface area contributed by atoms with Crippen LogP contribution in [0.15, 0.2) is 40.4 Å². The predicted octanol–water partition coefficient (Wildman–Crippen LogP) is 4.15. The molecule has 108 valence electrons. The number of rotatable bonds is 4. The molecule has 7 nitrogen and oxygen atoms in total. The lowest BCUT2D eigenvalue weighted by Gasteiger charge is -1.99. The molecular weight excluding hydrogens is 300 g/mol. The van der Waals surface area contributed by atoms with Crippen molar-refractivity contribution in [2.45, 2.75) is 6.92 Å². The molecule has 0 saturated carbocycles. The molecule has 0 radical (unpaired) electrons. The van der Waals surface area contributed by atoms with Gasteiger partial charge in [0.05, 0.1) is 15.9 Å². The van der Waals surface area contributed by atoms with Gasteiger partial charge in [-0.05, 0) is 24.3 Å². The van der Waals surface area contributed by atoms with Crippen LogP contribution in [0.3, 0.4) is 0 Å². The highest BCUT2D eigenvalue weighted by atomic mass is 35.5. The summed E-state index contributed by atoms with van der Waals surface area (Å²) in [6.45, 7) is 1.34. The standard InChI is InChI=1S/C13H9ClN2O5/c1-8(15(17)18)6-10-3-5-13(21-10)9-2-4-11(14)12(7-9)16(19)20/h2-7H,1H3/b8-6+. The summed E-state index contributed by atoms with van der Waals surface area (Å²) in [6, 6.07) is 7.38. The molecule has 0 N–H and O–H groups in total. The van der Waals surface area contributed by atoms with E-state index in [9.17, 15) is 20.2 Å². The van der Waals surface area contributed by atoms with E-state index in [2.05, 4.69) is 0 Å².